The molecule has 1 aromatic rings. The van der Waals surface area contributed by atoms with E-state index in [9.17, 15) is 0 Å². The molecule has 15 heavy (non-hydrogen) atoms. The maximum absolute atomic E-state index is 3.93. The van der Waals surface area contributed by atoms with Crippen LogP contribution < -0.4 is 0 Å². The van der Waals surface area contributed by atoms with Crippen LogP contribution in [0.1, 0.15) is 45.9 Å². The van der Waals surface area contributed by atoms with E-state index in [1.807, 2.05) is 52.8 Å². The van der Waals surface area contributed by atoms with Crippen LogP contribution in [0.2, 0.25) is 0 Å². The lowest BCUT2D eigenvalue weighted by molar-refractivity contribution is 1.01. The van der Waals surface area contributed by atoms with E-state index < -0.39 is 0 Å². The summed E-state index contributed by atoms with van der Waals surface area (Å²) in [5, 5.41) is 7.69. The molecule has 0 aliphatic carbocycles. The van der Waals surface area contributed by atoms with Crippen LogP contribution in [-0.2, 0) is 0 Å². The monoisotopic (exact) mass is 206 g/mol. The van der Waals surface area contributed by atoms with Crippen molar-refractivity contribution in [3.63, 3.8) is 0 Å². The molecule has 0 bridgehead atoms. The van der Waals surface area contributed by atoms with E-state index in [4.69, 9.17) is 0 Å². The first-order valence-corrected chi connectivity index (χ1v) is 5.45. The van der Waals surface area contributed by atoms with Crippen molar-refractivity contribution in [2.45, 2.75) is 34.6 Å². The highest BCUT2D eigenvalue weighted by Gasteiger charge is 1.93. The number of rotatable bonds is 2. The molecule has 0 spiro atoms. The van der Waals surface area contributed by atoms with Crippen molar-refractivity contribution in [3.05, 3.63) is 36.2 Å². The number of aromatic nitrogens is 2. The molecule has 1 aromatic heterocycles. The molecule has 0 aromatic carbocycles. The summed E-state index contributed by atoms with van der Waals surface area (Å²) in [6, 6.07) is 1.88. The summed E-state index contributed by atoms with van der Waals surface area (Å²) >= 11 is 0. The number of hydrogen-bond donors (Lipinski definition) is 0. The largest absolute Gasteiger partial charge is 0.159 e. The van der Waals surface area contributed by atoms with Crippen molar-refractivity contribution in [2.24, 2.45) is 0 Å². The summed E-state index contributed by atoms with van der Waals surface area (Å²) < 4.78 is 0. The molecule has 0 fully saturated rings. The molecule has 0 unspecified atom stereocenters. The fourth-order valence-electron chi connectivity index (χ4n) is 0.812. The van der Waals surface area contributed by atoms with Gasteiger partial charge in [0.25, 0.3) is 0 Å². The molecule has 0 amide bonds. The van der Waals surface area contributed by atoms with Gasteiger partial charge in [-0.15, -0.1) is 0 Å². The highest BCUT2D eigenvalue weighted by Crippen LogP contribution is 2.06. The minimum absolute atomic E-state index is 0.866. The molecular weight excluding hydrogens is 184 g/mol. The van der Waals surface area contributed by atoms with Gasteiger partial charge < -0.3 is 0 Å². The first-order valence-electron chi connectivity index (χ1n) is 5.45. The van der Waals surface area contributed by atoms with Crippen LogP contribution in [0.4, 0.5) is 0 Å². The third kappa shape index (κ3) is 6.61. The predicted octanol–water partition coefficient (Wildman–Crippen LogP) is 4.21. The van der Waals surface area contributed by atoms with Crippen molar-refractivity contribution in [3.8, 4) is 0 Å². The van der Waals surface area contributed by atoms with E-state index in [2.05, 4.69) is 16.8 Å². The zero-order chi connectivity index (χ0) is 12.1. The first kappa shape index (κ1) is 16.0. The third-order valence-electron chi connectivity index (χ3n) is 1.33. The van der Waals surface area contributed by atoms with Crippen molar-refractivity contribution < 1.29 is 0 Å². The molecule has 0 aliphatic heterocycles. The van der Waals surface area contributed by atoms with Crippen molar-refractivity contribution in [1.29, 1.82) is 0 Å². The fraction of sp³-hybridized carbons (Fsp3) is 0.385. The molecular formula is C13H22N2. The second-order valence-corrected chi connectivity index (χ2v) is 2.08. The Balaban J connectivity index is 0. The summed E-state index contributed by atoms with van der Waals surface area (Å²) in [4.78, 5) is 0. The molecule has 0 aliphatic rings. The molecule has 1 heterocycles. The third-order valence-corrected chi connectivity index (χ3v) is 1.33. The zero-order valence-corrected chi connectivity index (χ0v) is 10.5. The maximum atomic E-state index is 3.93. The molecule has 0 atom stereocenters. The van der Waals surface area contributed by atoms with E-state index in [0.29, 0.717) is 0 Å². The highest BCUT2D eigenvalue weighted by atomic mass is 15.1. The van der Waals surface area contributed by atoms with E-state index >= 15 is 0 Å². The van der Waals surface area contributed by atoms with E-state index in [0.717, 1.165) is 11.3 Å². The first-order chi connectivity index (χ1) is 7.38. The summed E-state index contributed by atoms with van der Waals surface area (Å²) in [7, 11) is 0. The Morgan fingerprint density at radius 2 is 1.80 bits per heavy atom. The topological polar surface area (TPSA) is 25.8 Å². The summed E-state index contributed by atoms with van der Waals surface area (Å²) in [5.74, 6) is 0. The molecule has 1 rings (SSSR count). The number of hydrogen-bond acceptors (Lipinski definition) is 2. The van der Waals surface area contributed by atoms with E-state index in [-0.39, 0.29) is 0 Å². The second-order valence-electron chi connectivity index (χ2n) is 2.08. The van der Waals surface area contributed by atoms with Gasteiger partial charge in [-0.1, -0.05) is 46.4 Å². The van der Waals surface area contributed by atoms with Gasteiger partial charge in [0.1, 0.15) is 0 Å². The van der Waals surface area contributed by atoms with Crippen LogP contribution >= 0.6 is 0 Å². The lowest BCUT2D eigenvalue weighted by Crippen LogP contribution is -1.87. The van der Waals surface area contributed by atoms with Gasteiger partial charge in [-0.05, 0) is 19.1 Å². The highest BCUT2D eigenvalue weighted by molar-refractivity contribution is 5.60. The Morgan fingerprint density at radius 3 is 2.27 bits per heavy atom. The van der Waals surface area contributed by atoms with Crippen LogP contribution in [0.5, 0.6) is 0 Å². The van der Waals surface area contributed by atoms with Gasteiger partial charge in [-0.3, -0.25) is 0 Å². The van der Waals surface area contributed by atoms with Gasteiger partial charge in [-0.2, -0.15) is 10.2 Å². The van der Waals surface area contributed by atoms with Gasteiger partial charge in [0, 0.05) is 5.56 Å². The van der Waals surface area contributed by atoms with Crippen LogP contribution in [0.3, 0.4) is 0 Å². The summed E-state index contributed by atoms with van der Waals surface area (Å²) in [6.07, 6.45) is 7.26. The standard InChI is InChI=1S/C9H10N2.2C2H6/c1-3-5-9-8(4-2)6-7-10-11-9;2*1-2/h3-7H,2H2,1H3;2*1-2H3/b5-3-;;. The lowest BCUT2D eigenvalue weighted by Gasteiger charge is -1.95. The van der Waals surface area contributed by atoms with Gasteiger partial charge >= 0.3 is 0 Å². The normalized spacial score (nSPS) is 8.33. The predicted molar refractivity (Wildman–Crippen MR) is 69.5 cm³/mol. The SMILES string of the molecule is C=Cc1ccnnc1/C=C\C.CC.CC. The van der Waals surface area contributed by atoms with Gasteiger partial charge in [0.05, 0.1) is 11.9 Å². The molecule has 0 saturated heterocycles. The van der Waals surface area contributed by atoms with Gasteiger partial charge in [0.15, 0.2) is 0 Å². The molecule has 0 radical (unpaired) electrons. The van der Waals surface area contributed by atoms with Crippen LogP contribution in [0, 0.1) is 0 Å². The number of nitrogens with zero attached hydrogens (tertiary/aromatic N) is 2. The molecule has 2 nitrogen and oxygen atoms in total. The number of allylic oxidation sites excluding steroid dienone is 1. The van der Waals surface area contributed by atoms with Gasteiger partial charge in [-0.25, -0.2) is 0 Å². The van der Waals surface area contributed by atoms with Crippen molar-refractivity contribution >= 4 is 12.2 Å². The molecule has 0 saturated carbocycles. The minimum Gasteiger partial charge on any atom is -0.159 e. The lowest BCUT2D eigenvalue weighted by atomic mass is 10.2. The Morgan fingerprint density at radius 1 is 1.20 bits per heavy atom. The van der Waals surface area contributed by atoms with Gasteiger partial charge in [0.2, 0.25) is 0 Å². The van der Waals surface area contributed by atoms with E-state index in [1.165, 1.54) is 0 Å². The molecule has 2 heteroatoms. The zero-order valence-electron chi connectivity index (χ0n) is 10.5. The van der Waals surface area contributed by atoms with Crippen molar-refractivity contribution in [2.75, 3.05) is 0 Å². The Kier molecular flexibility index (Phi) is 13.4. The van der Waals surface area contributed by atoms with Crippen molar-refractivity contribution in [1.82, 2.24) is 10.2 Å². The van der Waals surface area contributed by atoms with Crippen LogP contribution in [0.15, 0.2) is 24.9 Å². The smallest absolute Gasteiger partial charge is 0.0926 e. The Labute approximate surface area is 93.8 Å². The van der Waals surface area contributed by atoms with Crippen LogP contribution in [0.25, 0.3) is 12.2 Å². The Bertz CT molecular complexity index is 278. The average molecular weight is 206 g/mol. The maximum Gasteiger partial charge on any atom is 0.0926 e. The molecule has 84 valence electrons. The quantitative estimate of drug-likeness (QED) is 0.724. The minimum atomic E-state index is 0.866. The van der Waals surface area contributed by atoms with E-state index in [1.54, 1.807) is 12.3 Å². The second kappa shape index (κ2) is 12.6. The average Bonchev–Trinajstić information content (AvgIpc) is 2.35. The summed E-state index contributed by atoms with van der Waals surface area (Å²) in [5.41, 5.74) is 1.88. The van der Waals surface area contributed by atoms with Crippen LogP contribution in [-0.4, -0.2) is 10.2 Å². The fourth-order valence-corrected chi connectivity index (χ4v) is 0.812. The molecule has 0 N–H and O–H groups in total. The summed E-state index contributed by atoms with van der Waals surface area (Å²) in [6.45, 7) is 13.6. The Hall–Kier alpha value is -1.44.